The van der Waals surface area contributed by atoms with E-state index in [1.807, 2.05) is 4.90 Å². The van der Waals surface area contributed by atoms with E-state index in [0.717, 1.165) is 17.9 Å². The van der Waals surface area contributed by atoms with Gasteiger partial charge in [-0.2, -0.15) is 0 Å². The summed E-state index contributed by atoms with van der Waals surface area (Å²) in [5.74, 6) is 4.63. The lowest BCUT2D eigenvalue weighted by Gasteiger charge is -2.20. The first kappa shape index (κ1) is 13.2. The summed E-state index contributed by atoms with van der Waals surface area (Å²) in [5.41, 5.74) is 2.39. The minimum atomic E-state index is 0.251. The van der Waals surface area contributed by atoms with Crippen molar-refractivity contribution in [2.75, 3.05) is 6.54 Å². The average Bonchev–Trinajstić information content (AvgIpc) is 3.30. The molecule has 2 fully saturated rings. The van der Waals surface area contributed by atoms with Crippen LogP contribution in [0.2, 0.25) is 0 Å². The monoisotopic (exact) mass is 267 g/mol. The zero-order chi connectivity index (χ0) is 14.1. The van der Waals surface area contributed by atoms with Crippen molar-refractivity contribution < 1.29 is 4.79 Å². The van der Waals surface area contributed by atoms with Gasteiger partial charge in [0.1, 0.15) is 0 Å². The lowest BCUT2D eigenvalue weighted by Crippen LogP contribution is -2.32. The minimum absolute atomic E-state index is 0.251. The molecule has 20 heavy (non-hydrogen) atoms. The van der Waals surface area contributed by atoms with Gasteiger partial charge in [0.25, 0.3) is 0 Å². The molecule has 2 atom stereocenters. The van der Waals surface area contributed by atoms with Crippen LogP contribution >= 0.6 is 0 Å². The third-order valence-corrected chi connectivity index (χ3v) is 4.47. The molecule has 2 saturated carbocycles. The molecule has 2 nitrogen and oxygen atoms in total. The molecule has 0 saturated heterocycles. The van der Waals surface area contributed by atoms with Crippen molar-refractivity contribution in [1.82, 2.24) is 4.90 Å². The second-order valence-electron chi connectivity index (χ2n) is 6.23. The van der Waals surface area contributed by atoms with Crippen LogP contribution in [-0.4, -0.2) is 17.4 Å². The molecule has 2 aliphatic rings. The first-order chi connectivity index (χ1) is 9.69. The molecule has 2 aliphatic carbocycles. The summed E-state index contributed by atoms with van der Waals surface area (Å²) in [6.45, 7) is 3.12. The maximum absolute atomic E-state index is 12.5. The van der Waals surface area contributed by atoms with E-state index in [9.17, 15) is 4.79 Å². The van der Waals surface area contributed by atoms with Crippen LogP contribution in [0.25, 0.3) is 0 Å². The lowest BCUT2D eigenvalue weighted by atomic mass is 10.1. The highest BCUT2D eigenvalue weighted by Crippen LogP contribution is 2.54. The first-order valence-electron chi connectivity index (χ1n) is 7.47. The van der Waals surface area contributed by atoms with E-state index in [-0.39, 0.29) is 11.8 Å². The van der Waals surface area contributed by atoms with E-state index >= 15 is 0 Å². The number of terminal acetylenes is 1. The fourth-order valence-corrected chi connectivity index (χ4v) is 3.01. The molecule has 104 valence electrons. The van der Waals surface area contributed by atoms with Crippen molar-refractivity contribution in [2.24, 2.45) is 17.8 Å². The zero-order valence-corrected chi connectivity index (χ0v) is 12.0. The topological polar surface area (TPSA) is 20.3 Å². The first-order valence-corrected chi connectivity index (χ1v) is 7.47. The normalized spacial score (nSPS) is 24.0. The predicted molar refractivity (Wildman–Crippen MR) is 79.8 cm³/mol. The lowest BCUT2D eigenvalue weighted by molar-refractivity contribution is -0.132. The number of benzene rings is 1. The maximum atomic E-state index is 12.5. The quantitative estimate of drug-likeness (QED) is 0.751. The third-order valence-electron chi connectivity index (χ3n) is 4.47. The van der Waals surface area contributed by atoms with Crippen LogP contribution in [0, 0.1) is 37.0 Å². The second kappa shape index (κ2) is 5.32. The number of carbonyl (C=O) groups excluding carboxylic acids is 1. The molecule has 1 amide bonds. The smallest absolute Gasteiger partial charge is 0.227 e. The Morgan fingerprint density at radius 3 is 2.65 bits per heavy atom. The molecule has 2 heteroatoms. The van der Waals surface area contributed by atoms with Gasteiger partial charge in [-0.15, -0.1) is 6.42 Å². The molecule has 0 radical (unpaired) electrons. The average molecular weight is 267 g/mol. The SMILES string of the molecule is C#CCN(Cc1ccc(C)cc1)C(=O)C1CC1C1CC1. The highest BCUT2D eigenvalue weighted by molar-refractivity contribution is 5.82. The van der Waals surface area contributed by atoms with Gasteiger partial charge in [-0.1, -0.05) is 35.7 Å². The van der Waals surface area contributed by atoms with Crippen LogP contribution in [0.1, 0.15) is 30.4 Å². The van der Waals surface area contributed by atoms with Crippen molar-refractivity contribution in [1.29, 1.82) is 0 Å². The number of carbonyl (C=O) groups is 1. The van der Waals surface area contributed by atoms with E-state index < -0.39 is 0 Å². The number of nitrogens with zero attached hydrogens (tertiary/aromatic N) is 1. The summed E-state index contributed by atoms with van der Waals surface area (Å²) in [6.07, 6.45) is 9.15. The van der Waals surface area contributed by atoms with Gasteiger partial charge in [0.15, 0.2) is 0 Å². The standard InChI is InChI=1S/C18H21NO/c1-3-10-19(12-14-6-4-13(2)5-7-14)18(20)17-11-16(17)15-8-9-15/h1,4-7,15-17H,8-12H2,2H3. The van der Waals surface area contributed by atoms with Crippen molar-refractivity contribution in [3.8, 4) is 12.3 Å². The Kier molecular flexibility index (Phi) is 3.53. The summed E-state index contributed by atoms with van der Waals surface area (Å²) >= 11 is 0. The van der Waals surface area contributed by atoms with Gasteiger partial charge in [-0.3, -0.25) is 4.79 Å². The highest BCUT2D eigenvalue weighted by atomic mass is 16.2. The highest BCUT2D eigenvalue weighted by Gasteiger charge is 2.52. The van der Waals surface area contributed by atoms with Crippen molar-refractivity contribution in [3.63, 3.8) is 0 Å². The van der Waals surface area contributed by atoms with E-state index in [2.05, 4.69) is 37.1 Å². The van der Waals surface area contributed by atoms with Crippen LogP contribution < -0.4 is 0 Å². The fourth-order valence-electron chi connectivity index (χ4n) is 3.01. The fraction of sp³-hybridized carbons (Fsp3) is 0.500. The van der Waals surface area contributed by atoms with Crippen LogP contribution in [-0.2, 0) is 11.3 Å². The number of amides is 1. The minimum Gasteiger partial charge on any atom is -0.327 e. The summed E-state index contributed by atoms with van der Waals surface area (Å²) in [6, 6.07) is 8.32. The van der Waals surface area contributed by atoms with E-state index in [0.29, 0.717) is 19.0 Å². The number of rotatable bonds is 5. The van der Waals surface area contributed by atoms with Gasteiger partial charge in [0.2, 0.25) is 5.91 Å². The Balaban J connectivity index is 1.64. The molecule has 0 aromatic heterocycles. The summed E-state index contributed by atoms with van der Waals surface area (Å²) in [7, 11) is 0. The van der Waals surface area contributed by atoms with Crippen LogP contribution in [0.4, 0.5) is 0 Å². The van der Waals surface area contributed by atoms with Gasteiger partial charge in [-0.25, -0.2) is 0 Å². The Labute approximate surface area is 121 Å². The van der Waals surface area contributed by atoms with Gasteiger partial charge in [-0.05, 0) is 43.6 Å². The molecular formula is C18H21NO. The Morgan fingerprint density at radius 2 is 2.05 bits per heavy atom. The van der Waals surface area contributed by atoms with E-state index in [1.54, 1.807) is 0 Å². The molecule has 0 bridgehead atoms. The van der Waals surface area contributed by atoms with Gasteiger partial charge in [0, 0.05) is 12.5 Å². The number of aryl methyl sites for hydroxylation is 1. The van der Waals surface area contributed by atoms with Crippen LogP contribution in [0.15, 0.2) is 24.3 Å². The molecular weight excluding hydrogens is 246 g/mol. The molecule has 1 aromatic carbocycles. The largest absolute Gasteiger partial charge is 0.327 e. The van der Waals surface area contributed by atoms with Gasteiger partial charge >= 0.3 is 0 Å². The molecule has 2 unspecified atom stereocenters. The van der Waals surface area contributed by atoms with Gasteiger partial charge in [0.05, 0.1) is 6.54 Å². The van der Waals surface area contributed by atoms with Crippen molar-refractivity contribution in [2.45, 2.75) is 32.7 Å². The Hall–Kier alpha value is -1.75. The molecule has 0 N–H and O–H groups in total. The van der Waals surface area contributed by atoms with Gasteiger partial charge < -0.3 is 4.90 Å². The van der Waals surface area contributed by atoms with Crippen LogP contribution in [0.5, 0.6) is 0 Å². The molecule has 3 rings (SSSR count). The molecule has 0 aliphatic heterocycles. The summed E-state index contributed by atoms with van der Waals surface area (Å²) < 4.78 is 0. The maximum Gasteiger partial charge on any atom is 0.227 e. The Bertz CT molecular complexity index is 536. The Morgan fingerprint density at radius 1 is 1.35 bits per heavy atom. The predicted octanol–water partition coefficient (Wildman–Crippen LogP) is 3.00. The van der Waals surface area contributed by atoms with Crippen molar-refractivity contribution in [3.05, 3.63) is 35.4 Å². The zero-order valence-electron chi connectivity index (χ0n) is 12.0. The van der Waals surface area contributed by atoms with E-state index in [4.69, 9.17) is 6.42 Å². The molecule has 1 aromatic rings. The number of hydrogen-bond acceptors (Lipinski definition) is 1. The second-order valence-corrected chi connectivity index (χ2v) is 6.23. The summed E-state index contributed by atoms with van der Waals surface area (Å²) in [4.78, 5) is 14.4. The number of hydrogen-bond donors (Lipinski definition) is 0. The molecule has 0 spiro atoms. The third kappa shape index (κ3) is 2.88. The van der Waals surface area contributed by atoms with E-state index in [1.165, 1.54) is 18.4 Å². The summed E-state index contributed by atoms with van der Waals surface area (Å²) in [5, 5.41) is 0. The molecule has 0 heterocycles. The van der Waals surface area contributed by atoms with Crippen molar-refractivity contribution >= 4 is 5.91 Å². The van der Waals surface area contributed by atoms with Crippen LogP contribution in [0.3, 0.4) is 0 Å².